The second-order valence-corrected chi connectivity index (χ2v) is 7.77. The molecule has 8 nitrogen and oxygen atoms in total. The van der Waals surface area contributed by atoms with Crippen LogP contribution in [-0.2, 0) is 4.79 Å². The van der Waals surface area contributed by atoms with Crippen molar-refractivity contribution in [3.05, 3.63) is 24.3 Å². The van der Waals surface area contributed by atoms with Crippen molar-refractivity contribution in [3.8, 4) is 5.75 Å². The maximum absolute atomic E-state index is 12.3. The molecular formula is C15H17N5O3S2. The summed E-state index contributed by atoms with van der Waals surface area (Å²) >= 11 is 2.65. The lowest BCUT2D eigenvalue weighted by Gasteiger charge is -2.16. The molecule has 25 heavy (non-hydrogen) atoms. The quantitative estimate of drug-likeness (QED) is 0.744. The Hall–Kier alpha value is -2.33. The minimum absolute atomic E-state index is 0.222. The summed E-state index contributed by atoms with van der Waals surface area (Å²) in [6, 6.07) is 7.12. The summed E-state index contributed by atoms with van der Waals surface area (Å²) in [5.41, 5.74) is 0.867. The zero-order valence-electron chi connectivity index (χ0n) is 13.7. The standard InChI is InChI=1S/C15H17N5O3S2/c1-9(12(21)20-8-7-16-14(20)22)24-15-19-18-13(25-15)17-10-3-5-11(23-2)6-4-10/h3-6,9H,7-8H2,1-2H3,(H,16,22)(H,17,18)/t9-/m1/s1. The fourth-order valence-electron chi connectivity index (χ4n) is 2.21. The van der Waals surface area contributed by atoms with Crippen LogP contribution in [0.5, 0.6) is 5.75 Å². The van der Waals surface area contributed by atoms with Crippen LogP contribution in [0, 0.1) is 0 Å². The Labute approximate surface area is 153 Å². The van der Waals surface area contributed by atoms with E-state index >= 15 is 0 Å². The number of nitrogens with one attached hydrogen (secondary N) is 2. The van der Waals surface area contributed by atoms with Gasteiger partial charge in [-0.25, -0.2) is 4.79 Å². The average Bonchev–Trinajstić information content (AvgIpc) is 3.23. The Morgan fingerprint density at radius 2 is 2.16 bits per heavy atom. The molecule has 3 amide bonds. The summed E-state index contributed by atoms with van der Waals surface area (Å²) in [6.45, 7) is 2.66. The number of carbonyl (C=O) groups is 2. The molecule has 2 N–H and O–H groups in total. The summed E-state index contributed by atoms with van der Waals surface area (Å²) in [5, 5.41) is 14.2. The Bertz CT molecular complexity index is 765. The second kappa shape index (κ2) is 7.70. The van der Waals surface area contributed by atoms with Gasteiger partial charge in [-0.2, -0.15) is 0 Å². The van der Waals surface area contributed by atoms with Crippen LogP contribution in [-0.4, -0.2) is 52.5 Å². The molecule has 0 spiro atoms. The maximum atomic E-state index is 12.3. The van der Waals surface area contributed by atoms with Gasteiger partial charge in [0.25, 0.3) is 0 Å². The molecule has 10 heteroatoms. The highest BCUT2D eigenvalue weighted by atomic mass is 32.2. The Morgan fingerprint density at radius 3 is 2.80 bits per heavy atom. The van der Waals surface area contributed by atoms with Gasteiger partial charge in [-0.3, -0.25) is 9.69 Å². The molecule has 0 saturated carbocycles. The number of thioether (sulfide) groups is 1. The van der Waals surface area contributed by atoms with E-state index < -0.39 is 5.25 Å². The zero-order chi connectivity index (χ0) is 17.8. The Morgan fingerprint density at radius 1 is 1.40 bits per heavy atom. The second-order valence-electron chi connectivity index (χ2n) is 5.21. The molecule has 3 rings (SSSR count). The number of benzene rings is 1. The topological polar surface area (TPSA) is 96.4 Å². The first-order valence-corrected chi connectivity index (χ1v) is 9.27. The van der Waals surface area contributed by atoms with Crippen LogP contribution >= 0.6 is 23.1 Å². The molecule has 1 atom stereocenters. The van der Waals surface area contributed by atoms with E-state index in [1.165, 1.54) is 28.0 Å². The van der Waals surface area contributed by atoms with Crippen LogP contribution in [0.4, 0.5) is 15.6 Å². The normalized spacial score (nSPS) is 15.0. The number of hydrogen-bond acceptors (Lipinski definition) is 8. The molecule has 1 aliphatic heterocycles. The Balaban J connectivity index is 1.59. The minimum Gasteiger partial charge on any atom is -0.497 e. The largest absolute Gasteiger partial charge is 0.497 e. The van der Waals surface area contributed by atoms with Crippen molar-refractivity contribution in [2.45, 2.75) is 16.5 Å². The van der Waals surface area contributed by atoms with E-state index in [9.17, 15) is 9.59 Å². The molecule has 1 aromatic heterocycles. The number of hydrogen-bond donors (Lipinski definition) is 2. The predicted molar refractivity (Wildman–Crippen MR) is 96.6 cm³/mol. The van der Waals surface area contributed by atoms with Crippen LogP contribution in [0.3, 0.4) is 0 Å². The number of imide groups is 1. The first-order chi connectivity index (χ1) is 12.1. The van der Waals surface area contributed by atoms with Gasteiger partial charge in [0, 0.05) is 18.8 Å². The summed E-state index contributed by atoms with van der Waals surface area (Å²) in [7, 11) is 1.62. The lowest BCUT2D eigenvalue weighted by Crippen LogP contribution is -2.38. The van der Waals surface area contributed by atoms with Crippen molar-refractivity contribution in [2.24, 2.45) is 0 Å². The summed E-state index contributed by atoms with van der Waals surface area (Å²) in [6.07, 6.45) is 0. The lowest BCUT2D eigenvalue weighted by atomic mass is 10.3. The molecular weight excluding hydrogens is 362 g/mol. The molecule has 1 aliphatic rings. The van der Waals surface area contributed by atoms with Crippen LogP contribution in [0.15, 0.2) is 28.6 Å². The first-order valence-electron chi connectivity index (χ1n) is 7.57. The van der Waals surface area contributed by atoms with Crippen molar-refractivity contribution in [1.29, 1.82) is 0 Å². The van der Waals surface area contributed by atoms with E-state index in [1.54, 1.807) is 14.0 Å². The number of ether oxygens (including phenoxy) is 1. The van der Waals surface area contributed by atoms with Crippen molar-refractivity contribution in [2.75, 3.05) is 25.5 Å². The number of methoxy groups -OCH3 is 1. The third-order valence-electron chi connectivity index (χ3n) is 3.50. The summed E-state index contributed by atoms with van der Waals surface area (Å²) in [4.78, 5) is 25.1. The SMILES string of the molecule is COc1ccc(Nc2nnc(S[C@H](C)C(=O)N3CCNC3=O)s2)cc1. The number of anilines is 2. The third kappa shape index (κ3) is 4.20. The van der Waals surface area contributed by atoms with Crippen molar-refractivity contribution in [1.82, 2.24) is 20.4 Å². The van der Waals surface area contributed by atoms with Gasteiger partial charge >= 0.3 is 6.03 Å². The number of amides is 3. The van der Waals surface area contributed by atoms with Crippen molar-refractivity contribution >= 4 is 45.9 Å². The van der Waals surface area contributed by atoms with E-state index in [-0.39, 0.29) is 11.9 Å². The van der Waals surface area contributed by atoms with E-state index in [0.29, 0.717) is 22.6 Å². The van der Waals surface area contributed by atoms with Gasteiger partial charge in [-0.15, -0.1) is 10.2 Å². The minimum atomic E-state index is -0.411. The van der Waals surface area contributed by atoms with Crippen LogP contribution in [0.1, 0.15) is 6.92 Å². The molecule has 0 radical (unpaired) electrons. The van der Waals surface area contributed by atoms with Crippen LogP contribution in [0.25, 0.3) is 0 Å². The van der Waals surface area contributed by atoms with Crippen molar-refractivity contribution < 1.29 is 14.3 Å². The highest BCUT2D eigenvalue weighted by Gasteiger charge is 2.30. The number of carbonyl (C=O) groups excluding carboxylic acids is 2. The number of rotatable bonds is 6. The van der Waals surface area contributed by atoms with Gasteiger partial charge in [0.2, 0.25) is 11.0 Å². The van der Waals surface area contributed by atoms with Gasteiger partial charge in [0.1, 0.15) is 5.75 Å². The van der Waals surface area contributed by atoms with E-state index in [0.717, 1.165) is 11.4 Å². The zero-order valence-corrected chi connectivity index (χ0v) is 15.3. The summed E-state index contributed by atoms with van der Waals surface area (Å²) < 4.78 is 5.78. The van der Waals surface area contributed by atoms with Gasteiger partial charge in [0.05, 0.1) is 12.4 Å². The smallest absolute Gasteiger partial charge is 0.324 e. The van der Waals surface area contributed by atoms with Crippen molar-refractivity contribution in [3.63, 3.8) is 0 Å². The van der Waals surface area contributed by atoms with Gasteiger partial charge in [-0.05, 0) is 31.2 Å². The number of urea groups is 1. The van der Waals surface area contributed by atoms with Crippen LogP contribution < -0.4 is 15.4 Å². The van der Waals surface area contributed by atoms with E-state index in [1.807, 2.05) is 24.3 Å². The number of nitrogens with zero attached hydrogens (tertiary/aromatic N) is 3. The molecule has 2 heterocycles. The number of aromatic nitrogens is 2. The van der Waals surface area contributed by atoms with Crippen LogP contribution in [0.2, 0.25) is 0 Å². The average molecular weight is 379 g/mol. The molecule has 1 aromatic carbocycles. The molecule has 0 aliphatic carbocycles. The fourth-order valence-corrected chi connectivity index (χ4v) is 4.19. The molecule has 0 bridgehead atoms. The molecule has 1 saturated heterocycles. The predicted octanol–water partition coefficient (Wildman–Crippen LogP) is 2.32. The summed E-state index contributed by atoms with van der Waals surface area (Å²) in [5.74, 6) is 0.553. The fraction of sp³-hybridized carbons (Fsp3) is 0.333. The molecule has 132 valence electrons. The van der Waals surface area contributed by atoms with Gasteiger partial charge < -0.3 is 15.4 Å². The molecule has 1 fully saturated rings. The third-order valence-corrected chi connectivity index (χ3v) is 5.51. The van der Waals surface area contributed by atoms with E-state index in [2.05, 4.69) is 20.8 Å². The monoisotopic (exact) mass is 379 g/mol. The van der Waals surface area contributed by atoms with Gasteiger partial charge in [0.15, 0.2) is 4.34 Å². The first kappa shape index (κ1) is 17.5. The molecule has 0 unspecified atom stereocenters. The highest BCUT2D eigenvalue weighted by Crippen LogP contribution is 2.31. The Kier molecular flexibility index (Phi) is 5.39. The highest BCUT2D eigenvalue weighted by molar-refractivity contribution is 8.02. The molecule has 2 aromatic rings. The van der Waals surface area contributed by atoms with E-state index in [4.69, 9.17) is 4.74 Å². The lowest BCUT2D eigenvalue weighted by molar-refractivity contribution is -0.126. The maximum Gasteiger partial charge on any atom is 0.324 e. The van der Waals surface area contributed by atoms with Gasteiger partial charge in [-0.1, -0.05) is 23.1 Å².